The van der Waals surface area contributed by atoms with E-state index in [4.69, 9.17) is 0 Å². The first-order valence-electron chi connectivity index (χ1n) is 7.28. The molecule has 1 aliphatic heterocycles. The second kappa shape index (κ2) is 5.64. The first-order valence-corrected chi connectivity index (χ1v) is 7.28. The lowest BCUT2D eigenvalue weighted by atomic mass is 10.0. The smallest absolute Gasteiger partial charge is 0.352 e. The number of carboxylic acid groups (broad SMARTS) is 1. The van der Waals surface area contributed by atoms with Gasteiger partial charge in [0, 0.05) is 6.42 Å². The highest BCUT2D eigenvalue weighted by Gasteiger charge is 2.32. The topological polar surface area (TPSA) is 52.9 Å². The second-order valence-corrected chi connectivity index (χ2v) is 5.60. The van der Waals surface area contributed by atoms with Gasteiger partial charge in [0.05, 0.1) is 11.7 Å². The summed E-state index contributed by atoms with van der Waals surface area (Å²) in [5, 5.41) is 15.4. The van der Waals surface area contributed by atoms with Gasteiger partial charge >= 0.3 is 5.97 Å². The molecule has 0 aliphatic carbocycles. The number of anilines is 1. The third-order valence-electron chi connectivity index (χ3n) is 4.10. The van der Waals surface area contributed by atoms with E-state index < -0.39 is 5.97 Å². The molecule has 3 rings (SSSR count). The molecule has 0 radical (unpaired) electrons. The molecule has 0 saturated heterocycles. The Balaban J connectivity index is 2.03. The van der Waals surface area contributed by atoms with Gasteiger partial charge in [0.15, 0.2) is 0 Å². The maximum absolute atomic E-state index is 11.3. The minimum atomic E-state index is -0.952. The minimum Gasteiger partial charge on any atom is -0.477 e. The van der Waals surface area contributed by atoms with Crippen LogP contribution in [0, 0.1) is 13.8 Å². The monoisotopic (exact) mass is 294 g/mol. The van der Waals surface area contributed by atoms with Crippen LogP contribution < -0.4 is 5.01 Å². The third-order valence-corrected chi connectivity index (χ3v) is 4.10. The lowest BCUT2D eigenvalue weighted by molar-refractivity contribution is -0.129. The lowest BCUT2D eigenvalue weighted by Crippen LogP contribution is -2.18. The summed E-state index contributed by atoms with van der Waals surface area (Å²) in [4.78, 5) is 11.3. The number of hydrazone groups is 1. The van der Waals surface area contributed by atoms with E-state index in [1.165, 1.54) is 11.1 Å². The predicted octanol–water partition coefficient (Wildman–Crippen LogP) is 3.70. The van der Waals surface area contributed by atoms with Crippen molar-refractivity contribution >= 4 is 17.4 Å². The van der Waals surface area contributed by atoms with E-state index in [2.05, 4.69) is 18.1 Å². The van der Waals surface area contributed by atoms with Crippen molar-refractivity contribution in [3.63, 3.8) is 0 Å². The van der Waals surface area contributed by atoms with Crippen LogP contribution >= 0.6 is 0 Å². The zero-order chi connectivity index (χ0) is 15.7. The number of aryl methyl sites for hydroxylation is 2. The van der Waals surface area contributed by atoms with Crippen molar-refractivity contribution in [1.29, 1.82) is 0 Å². The van der Waals surface area contributed by atoms with Gasteiger partial charge in [-0.05, 0) is 42.7 Å². The average Bonchev–Trinajstić information content (AvgIpc) is 2.96. The summed E-state index contributed by atoms with van der Waals surface area (Å²) in [5.41, 5.74) is 4.57. The fourth-order valence-electron chi connectivity index (χ4n) is 2.68. The highest BCUT2D eigenvalue weighted by molar-refractivity contribution is 6.36. The summed E-state index contributed by atoms with van der Waals surface area (Å²) in [6.45, 7) is 4.11. The zero-order valence-electron chi connectivity index (χ0n) is 12.7. The van der Waals surface area contributed by atoms with Crippen molar-refractivity contribution in [1.82, 2.24) is 0 Å². The SMILES string of the molecule is Cc1ccc(N2N=C(C(=O)O)C[C@H]2c2ccccc2)cc1C. The molecular formula is C18H18N2O2. The summed E-state index contributed by atoms with van der Waals surface area (Å²) in [7, 11) is 0. The van der Waals surface area contributed by atoms with Gasteiger partial charge in [-0.1, -0.05) is 36.4 Å². The normalized spacial score (nSPS) is 17.5. The first-order chi connectivity index (χ1) is 10.6. The van der Waals surface area contributed by atoms with Crippen molar-refractivity contribution in [2.75, 3.05) is 5.01 Å². The Hall–Kier alpha value is -2.62. The summed E-state index contributed by atoms with van der Waals surface area (Å²) in [6.07, 6.45) is 0.409. The number of nitrogens with zero attached hydrogens (tertiary/aromatic N) is 2. The molecule has 0 fully saturated rings. The van der Waals surface area contributed by atoms with Gasteiger partial charge in [0.25, 0.3) is 0 Å². The molecule has 1 aliphatic rings. The standard InChI is InChI=1S/C18H18N2O2/c1-12-8-9-15(10-13(12)2)20-17(11-16(19-20)18(21)22)14-6-4-3-5-7-14/h3-10,17H,11H2,1-2H3,(H,21,22)/t17-/m0/s1. The average molecular weight is 294 g/mol. The molecule has 4 nitrogen and oxygen atoms in total. The molecule has 1 N–H and O–H groups in total. The van der Waals surface area contributed by atoms with Gasteiger partial charge in [0.2, 0.25) is 0 Å². The number of hydrogen-bond donors (Lipinski definition) is 1. The summed E-state index contributed by atoms with van der Waals surface area (Å²) in [6, 6.07) is 15.9. The molecule has 0 unspecified atom stereocenters. The Morgan fingerprint density at radius 3 is 2.50 bits per heavy atom. The number of carbonyl (C=O) groups is 1. The molecule has 0 amide bonds. The van der Waals surface area contributed by atoms with Crippen LogP contribution in [-0.2, 0) is 4.79 Å². The Labute approximate surface area is 129 Å². The Kier molecular flexibility index (Phi) is 3.67. The molecule has 2 aromatic carbocycles. The summed E-state index contributed by atoms with van der Waals surface area (Å²) in [5.74, 6) is -0.952. The largest absolute Gasteiger partial charge is 0.477 e. The van der Waals surface area contributed by atoms with Gasteiger partial charge in [-0.3, -0.25) is 5.01 Å². The van der Waals surface area contributed by atoms with Gasteiger partial charge in [-0.2, -0.15) is 5.10 Å². The number of rotatable bonds is 3. The van der Waals surface area contributed by atoms with Crippen molar-refractivity contribution < 1.29 is 9.90 Å². The van der Waals surface area contributed by atoms with Crippen LogP contribution in [0.15, 0.2) is 53.6 Å². The molecule has 0 spiro atoms. The molecule has 0 bridgehead atoms. The summed E-state index contributed by atoms with van der Waals surface area (Å²) < 4.78 is 0. The number of carboxylic acids is 1. The zero-order valence-corrected chi connectivity index (χ0v) is 12.7. The minimum absolute atomic E-state index is 0.0746. The molecule has 0 aromatic heterocycles. The molecule has 112 valence electrons. The Morgan fingerprint density at radius 1 is 1.14 bits per heavy atom. The third kappa shape index (κ3) is 2.60. The highest BCUT2D eigenvalue weighted by Crippen LogP contribution is 2.35. The van der Waals surface area contributed by atoms with Crippen LogP contribution in [0.3, 0.4) is 0 Å². The second-order valence-electron chi connectivity index (χ2n) is 5.60. The predicted molar refractivity (Wildman–Crippen MR) is 87.3 cm³/mol. The van der Waals surface area contributed by atoms with E-state index in [0.29, 0.717) is 6.42 Å². The molecule has 1 atom stereocenters. The van der Waals surface area contributed by atoms with Crippen LogP contribution in [0.25, 0.3) is 0 Å². The number of benzene rings is 2. The maximum atomic E-state index is 11.3. The molecule has 22 heavy (non-hydrogen) atoms. The molecular weight excluding hydrogens is 276 g/mol. The van der Waals surface area contributed by atoms with Crippen LogP contribution in [0.5, 0.6) is 0 Å². The number of hydrogen-bond acceptors (Lipinski definition) is 3. The molecule has 2 aromatic rings. The fourth-order valence-corrected chi connectivity index (χ4v) is 2.68. The van der Waals surface area contributed by atoms with Crippen molar-refractivity contribution in [3.8, 4) is 0 Å². The van der Waals surface area contributed by atoms with Gasteiger partial charge < -0.3 is 5.11 Å². The first kappa shape index (κ1) is 14.3. The van der Waals surface area contributed by atoms with Crippen LogP contribution in [0.4, 0.5) is 5.69 Å². The molecule has 1 heterocycles. The van der Waals surface area contributed by atoms with Crippen LogP contribution in [0.1, 0.15) is 29.2 Å². The maximum Gasteiger partial charge on any atom is 0.352 e. The summed E-state index contributed by atoms with van der Waals surface area (Å²) >= 11 is 0. The Morgan fingerprint density at radius 2 is 1.86 bits per heavy atom. The van der Waals surface area contributed by atoms with Crippen LogP contribution in [-0.4, -0.2) is 16.8 Å². The van der Waals surface area contributed by atoms with Gasteiger partial charge in [-0.25, -0.2) is 4.79 Å². The van der Waals surface area contributed by atoms with E-state index in [9.17, 15) is 9.90 Å². The van der Waals surface area contributed by atoms with Crippen LogP contribution in [0.2, 0.25) is 0 Å². The van der Waals surface area contributed by atoms with E-state index in [0.717, 1.165) is 11.3 Å². The highest BCUT2D eigenvalue weighted by atomic mass is 16.4. The van der Waals surface area contributed by atoms with Crippen molar-refractivity contribution in [2.45, 2.75) is 26.3 Å². The van der Waals surface area contributed by atoms with E-state index in [1.54, 1.807) is 0 Å². The fraction of sp³-hybridized carbons (Fsp3) is 0.222. The van der Waals surface area contributed by atoms with Gasteiger partial charge in [-0.15, -0.1) is 0 Å². The van der Waals surface area contributed by atoms with Gasteiger partial charge in [0.1, 0.15) is 5.71 Å². The quantitative estimate of drug-likeness (QED) is 0.939. The Bertz CT molecular complexity index is 738. The van der Waals surface area contributed by atoms with E-state index in [1.807, 2.05) is 54.4 Å². The van der Waals surface area contributed by atoms with E-state index in [-0.39, 0.29) is 11.8 Å². The lowest BCUT2D eigenvalue weighted by Gasteiger charge is -2.24. The molecule has 0 saturated carbocycles. The van der Waals surface area contributed by atoms with E-state index >= 15 is 0 Å². The number of aliphatic carboxylic acids is 1. The molecule has 4 heteroatoms. The van der Waals surface area contributed by atoms with Crippen molar-refractivity contribution in [2.24, 2.45) is 5.10 Å². The van der Waals surface area contributed by atoms with Crippen molar-refractivity contribution in [3.05, 3.63) is 65.2 Å².